The molecule has 13 heavy (non-hydrogen) atoms. The second-order valence-corrected chi connectivity index (χ2v) is 4.09. The van der Waals surface area contributed by atoms with Gasteiger partial charge >= 0.3 is 0 Å². The number of pyridine rings is 1. The van der Waals surface area contributed by atoms with Crippen molar-refractivity contribution in [3.63, 3.8) is 0 Å². The molecule has 1 atom stereocenters. The van der Waals surface area contributed by atoms with Gasteiger partial charge in [0.2, 0.25) is 0 Å². The second-order valence-electron chi connectivity index (χ2n) is 3.28. The van der Waals surface area contributed by atoms with Gasteiger partial charge in [0.1, 0.15) is 4.60 Å². The van der Waals surface area contributed by atoms with E-state index in [9.17, 15) is 0 Å². The van der Waals surface area contributed by atoms with Gasteiger partial charge in [0.05, 0.1) is 0 Å². The minimum absolute atomic E-state index is 0.0503. The Morgan fingerprint density at radius 2 is 2.31 bits per heavy atom. The molecule has 0 amide bonds. The first-order chi connectivity index (χ1) is 6.09. The first kappa shape index (κ1) is 10.6. The summed E-state index contributed by atoms with van der Waals surface area (Å²) in [5.74, 6) is 0. The van der Waals surface area contributed by atoms with E-state index < -0.39 is 0 Å². The highest BCUT2D eigenvalue weighted by Gasteiger charge is 2.06. The van der Waals surface area contributed by atoms with E-state index in [4.69, 9.17) is 5.73 Å². The van der Waals surface area contributed by atoms with Crippen molar-refractivity contribution in [2.45, 2.75) is 6.04 Å². The Morgan fingerprint density at radius 3 is 2.85 bits per heavy atom. The molecule has 1 aromatic rings. The summed E-state index contributed by atoms with van der Waals surface area (Å²) >= 11 is 3.32. The number of nitrogens with zero attached hydrogens (tertiary/aromatic N) is 2. The van der Waals surface area contributed by atoms with E-state index in [1.165, 1.54) is 0 Å². The fourth-order valence-electron chi connectivity index (χ4n) is 1.15. The summed E-state index contributed by atoms with van der Waals surface area (Å²) in [4.78, 5) is 6.12. The molecule has 0 aliphatic carbocycles. The van der Waals surface area contributed by atoms with Crippen LogP contribution >= 0.6 is 15.9 Å². The van der Waals surface area contributed by atoms with E-state index in [1.807, 2.05) is 26.2 Å². The predicted octanol–water partition coefficient (Wildman–Crippen LogP) is 1.41. The van der Waals surface area contributed by atoms with E-state index >= 15 is 0 Å². The lowest BCUT2D eigenvalue weighted by atomic mass is 10.1. The molecule has 0 spiro atoms. The van der Waals surface area contributed by atoms with Crippen molar-refractivity contribution in [2.24, 2.45) is 5.73 Å². The Bertz CT molecular complexity index is 275. The van der Waals surface area contributed by atoms with Gasteiger partial charge in [-0.3, -0.25) is 0 Å². The standard InChI is InChI=1S/C9H14BrN3/c1-13(2)6-8(11)7-3-4-12-9(10)5-7/h3-5,8H,6,11H2,1-2H3. The molecule has 0 saturated heterocycles. The van der Waals surface area contributed by atoms with Crippen LogP contribution in [0.5, 0.6) is 0 Å². The van der Waals surface area contributed by atoms with Crippen molar-refractivity contribution in [1.82, 2.24) is 9.88 Å². The van der Waals surface area contributed by atoms with Gasteiger partial charge in [-0.05, 0) is 47.7 Å². The molecule has 0 fully saturated rings. The molecule has 0 aliphatic heterocycles. The lowest BCUT2D eigenvalue weighted by molar-refractivity contribution is 0.376. The maximum atomic E-state index is 5.97. The van der Waals surface area contributed by atoms with Crippen LogP contribution in [0.25, 0.3) is 0 Å². The Labute approximate surface area is 87.1 Å². The maximum Gasteiger partial charge on any atom is 0.106 e. The Hall–Kier alpha value is -0.450. The number of hydrogen-bond donors (Lipinski definition) is 1. The molecule has 3 nitrogen and oxygen atoms in total. The van der Waals surface area contributed by atoms with E-state index in [0.717, 1.165) is 16.7 Å². The third-order valence-corrected chi connectivity index (χ3v) is 2.17. The molecule has 0 radical (unpaired) electrons. The summed E-state index contributed by atoms with van der Waals surface area (Å²) in [6, 6.07) is 3.95. The van der Waals surface area contributed by atoms with Crippen molar-refractivity contribution in [2.75, 3.05) is 20.6 Å². The van der Waals surface area contributed by atoms with Gasteiger partial charge in [-0.2, -0.15) is 0 Å². The first-order valence-corrected chi connectivity index (χ1v) is 4.90. The van der Waals surface area contributed by atoms with Crippen LogP contribution in [0.15, 0.2) is 22.9 Å². The van der Waals surface area contributed by atoms with Gasteiger partial charge in [-0.1, -0.05) is 0 Å². The van der Waals surface area contributed by atoms with Gasteiger partial charge in [-0.15, -0.1) is 0 Å². The molecular formula is C9H14BrN3. The second kappa shape index (κ2) is 4.69. The largest absolute Gasteiger partial charge is 0.323 e. The highest BCUT2D eigenvalue weighted by molar-refractivity contribution is 9.10. The monoisotopic (exact) mass is 243 g/mol. The summed E-state index contributed by atoms with van der Waals surface area (Å²) in [5, 5.41) is 0. The van der Waals surface area contributed by atoms with E-state index in [2.05, 4.69) is 25.8 Å². The summed E-state index contributed by atoms with van der Waals surface area (Å²) in [6.45, 7) is 0.844. The van der Waals surface area contributed by atoms with Crippen molar-refractivity contribution in [3.8, 4) is 0 Å². The molecule has 0 aromatic carbocycles. The number of hydrogen-bond acceptors (Lipinski definition) is 3. The number of likely N-dealkylation sites (N-methyl/N-ethyl adjacent to an activating group) is 1. The van der Waals surface area contributed by atoms with Gasteiger partial charge in [0.15, 0.2) is 0 Å². The van der Waals surface area contributed by atoms with Gasteiger partial charge in [0.25, 0.3) is 0 Å². The highest BCUT2D eigenvalue weighted by Crippen LogP contribution is 2.14. The quantitative estimate of drug-likeness (QED) is 0.817. The molecule has 72 valence electrons. The van der Waals surface area contributed by atoms with Crippen LogP contribution in [0.2, 0.25) is 0 Å². The molecule has 0 bridgehead atoms. The Balaban J connectivity index is 2.71. The zero-order valence-corrected chi connectivity index (χ0v) is 9.45. The molecule has 0 saturated carbocycles. The van der Waals surface area contributed by atoms with Crippen LogP contribution in [0.4, 0.5) is 0 Å². The van der Waals surface area contributed by atoms with Crippen molar-refractivity contribution in [3.05, 3.63) is 28.5 Å². The molecular weight excluding hydrogens is 230 g/mol. The van der Waals surface area contributed by atoms with Gasteiger partial charge < -0.3 is 10.6 Å². The van der Waals surface area contributed by atoms with Gasteiger partial charge in [-0.25, -0.2) is 4.98 Å². The van der Waals surface area contributed by atoms with Gasteiger partial charge in [0, 0.05) is 18.8 Å². The molecule has 1 rings (SSSR count). The van der Waals surface area contributed by atoms with Crippen LogP contribution in [-0.4, -0.2) is 30.5 Å². The van der Waals surface area contributed by atoms with E-state index in [1.54, 1.807) is 6.20 Å². The normalized spacial score (nSPS) is 13.3. The topological polar surface area (TPSA) is 42.1 Å². The SMILES string of the molecule is CN(C)CC(N)c1ccnc(Br)c1. The Morgan fingerprint density at radius 1 is 1.62 bits per heavy atom. The minimum atomic E-state index is 0.0503. The summed E-state index contributed by atoms with van der Waals surface area (Å²) in [6.07, 6.45) is 1.76. The van der Waals surface area contributed by atoms with Crippen molar-refractivity contribution in [1.29, 1.82) is 0 Å². The van der Waals surface area contributed by atoms with E-state index in [0.29, 0.717) is 0 Å². The van der Waals surface area contributed by atoms with Crippen LogP contribution in [0.3, 0.4) is 0 Å². The molecule has 1 aromatic heterocycles. The van der Waals surface area contributed by atoms with Crippen LogP contribution in [-0.2, 0) is 0 Å². The number of rotatable bonds is 3. The number of nitrogens with two attached hydrogens (primary N) is 1. The molecule has 4 heteroatoms. The van der Waals surface area contributed by atoms with Crippen LogP contribution in [0, 0.1) is 0 Å². The highest BCUT2D eigenvalue weighted by atomic mass is 79.9. The maximum absolute atomic E-state index is 5.97. The zero-order valence-electron chi connectivity index (χ0n) is 7.87. The molecule has 1 heterocycles. The lowest BCUT2D eigenvalue weighted by Crippen LogP contribution is -2.25. The third kappa shape index (κ3) is 3.42. The zero-order chi connectivity index (χ0) is 9.84. The summed E-state index contributed by atoms with van der Waals surface area (Å²) in [7, 11) is 4.02. The first-order valence-electron chi connectivity index (χ1n) is 4.11. The van der Waals surface area contributed by atoms with Crippen LogP contribution in [0.1, 0.15) is 11.6 Å². The fourth-order valence-corrected chi connectivity index (χ4v) is 1.53. The number of aromatic nitrogens is 1. The fraction of sp³-hybridized carbons (Fsp3) is 0.444. The Kier molecular flexibility index (Phi) is 3.84. The van der Waals surface area contributed by atoms with Crippen LogP contribution < -0.4 is 5.73 Å². The summed E-state index contributed by atoms with van der Waals surface area (Å²) in [5.41, 5.74) is 7.08. The average molecular weight is 244 g/mol. The average Bonchev–Trinajstić information content (AvgIpc) is 2.03. The predicted molar refractivity (Wildman–Crippen MR) is 57.4 cm³/mol. The molecule has 0 aliphatic rings. The molecule has 2 N–H and O–H groups in total. The lowest BCUT2D eigenvalue weighted by Gasteiger charge is -2.16. The number of halogens is 1. The molecule has 1 unspecified atom stereocenters. The van der Waals surface area contributed by atoms with E-state index in [-0.39, 0.29) is 6.04 Å². The minimum Gasteiger partial charge on any atom is -0.323 e. The van der Waals surface area contributed by atoms with Crippen molar-refractivity contribution < 1.29 is 0 Å². The van der Waals surface area contributed by atoms with Crippen molar-refractivity contribution >= 4 is 15.9 Å². The summed E-state index contributed by atoms with van der Waals surface area (Å²) < 4.78 is 0.833. The smallest absolute Gasteiger partial charge is 0.106 e. The third-order valence-electron chi connectivity index (χ3n) is 1.74.